The monoisotopic (exact) mass is 185 g/mol. The quantitative estimate of drug-likeness (QED) is 0.539. The minimum absolute atomic E-state index is 0.0681. The van der Waals surface area contributed by atoms with E-state index in [1.165, 1.54) is 0 Å². The fraction of sp³-hybridized carbons (Fsp3) is 0.286. The molecule has 0 fully saturated rings. The van der Waals surface area contributed by atoms with Crippen LogP contribution in [0.2, 0.25) is 0 Å². The SMILES string of the molecule is NC(=O)/C1=C/OC(=O)CCC(=O)O1. The molecule has 0 atom stereocenters. The molecule has 0 aliphatic carbocycles. The van der Waals surface area contributed by atoms with Crippen LogP contribution in [0.25, 0.3) is 0 Å². The summed E-state index contributed by atoms with van der Waals surface area (Å²) in [7, 11) is 0. The van der Waals surface area contributed by atoms with Gasteiger partial charge in [0.05, 0.1) is 12.8 Å². The summed E-state index contributed by atoms with van der Waals surface area (Å²) in [5.74, 6) is -2.70. The predicted octanol–water partition coefficient (Wildman–Crippen LogP) is -0.807. The van der Waals surface area contributed by atoms with Gasteiger partial charge in [0.15, 0.2) is 0 Å². The van der Waals surface area contributed by atoms with Gasteiger partial charge in [0.2, 0.25) is 5.76 Å². The van der Waals surface area contributed by atoms with Crippen molar-refractivity contribution in [1.29, 1.82) is 0 Å². The summed E-state index contributed by atoms with van der Waals surface area (Å²) < 4.78 is 8.90. The molecular weight excluding hydrogens is 178 g/mol. The summed E-state index contributed by atoms with van der Waals surface area (Å²) in [6.45, 7) is 0. The lowest BCUT2D eigenvalue weighted by Crippen LogP contribution is -2.22. The Bertz CT molecular complexity index is 293. The van der Waals surface area contributed by atoms with Gasteiger partial charge in [-0.2, -0.15) is 0 Å². The Morgan fingerprint density at radius 3 is 2.54 bits per heavy atom. The number of hydrogen-bond acceptors (Lipinski definition) is 5. The van der Waals surface area contributed by atoms with Crippen LogP contribution in [0.5, 0.6) is 0 Å². The van der Waals surface area contributed by atoms with Crippen LogP contribution in [0.15, 0.2) is 12.0 Å². The summed E-state index contributed by atoms with van der Waals surface area (Å²) >= 11 is 0. The number of carbonyl (C=O) groups excluding carboxylic acids is 3. The fourth-order valence-corrected chi connectivity index (χ4v) is 0.688. The molecule has 1 aliphatic heterocycles. The molecule has 0 aromatic heterocycles. The number of amides is 1. The van der Waals surface area contributed by atoms with Gasteiger partial charge < -0.3 is 15.2 Å². The van der Waals surface area contributed by atoms with Crippen LogP contribution in [0, 0.1) is 0 Å². The van der Waals surface area contributed by atoms with E-state index in [1.807, 2.05) is 0 Å². The summed E-state index contributed by atoms with van der Waals surface area (Å²) in [4.78, 5) is 32.1. The third kappa shape index (κ3) is 2.58. The molecule has 1 rings (SSSR count). The van der Waals surface area contributed by atoms with Gasteiger partial charge in [-0.15, -0.1) is 0 Å². The van der Waals surface area contributed by atoms with Crippen molar-refractivity contribution in [3.05, 3.63) is 12.0 Å². The van der Waals surface area contributed by atoms with Gasteiger partial charge in [-0.25, -0.2) is 0 Å². The largest absolute Gasteiger partial charge is 0.430 e. The number of ether oxygens (including phenoxy) is 2. The summed E-state index contributed by atoms with van der Waals surface area (Å²) in [5, 5.41) is 0. The van der Waals surface area contributed by atoms with E-state index in [0.717, 1.165) is 6.26 Å². The van der Waals surface area contributed by atoms with Gasteiger partial charge in [0.1, 0.15) is 6.26 Å². The first-order valence-electron chi connectivity index (χ1n) is 3.49. The zero-order chi connectivity index (χ0) is 9.84. The van der Waals surface area contributed by atoms with E-state index in [2.05, 4.69) is 9.47 Å². The summed E-state index contributed by atoms with van der Waals surface area (Å²) in [5.41, 5.74) is 4.82. The normalized spacial score (nSPS) is 21.7. The van der Waals surface area contributed by atoms with Crippen LogP contribution >= 0.6 is 0 Å². The molecule has 6 nitrogen and oxygen atoms in total. The first kappa shape index (κ1) is 9.24. The highest BCUT2D eigenvalue weighted by Gasteiger charge is 2.18. The first-order chi connectivity index (χ1) is 6.09. The van der Waals surface area contributed by atoms with Gasteiger partial charge in [-0.05, 0) is 0 Å². The Morgan fingerprint density at radius 2 is 1.92 bits per heavy atom. The van der Waals surface area contributed by atoms with Crippen LogP contribution in [0.1, 0.15) is 12.8 Å². The minimum Gasteiger partial charge on any atom is -0.430 e. The van der Waals surface area contributed by atoms with Crippen molar-refractivity contribution in [2.24, 2.45) is 5.73 Å². The number of rotatable bonds is 1. The third-order valence-electron chi connectivity index (χ3n) is 1.30. The average molecular weight is 185 g/mol. The maximum absolute atomic E-state index is 10.8. The van der Waals surface area contributed by atoms with E-state index >= 15 is 0 Å². The van der Waals surface area contributed by atoms with E-state index in [-0.39, 0.29) is 12.8 Å². The molecule has 6 heteroatoms. The molecule has 0 unspecified atom stereocenters. The zero-order valence-corrected chi connectivity index (χ0v) is 6.61. The van der Waals surface area contributed by atoms with Crippen LogP contribution in [0.3, 0.4) is 0 Å². The van der Waals surface area contributed by atoms with Gasteiger partial charge in [-0.1, -0.05) is 0 Å². The first-order valence-corrected chi connectivity index (χ1v) is 3.49. The molecule has 1 aliphatic rings. The highest BCUT2D eigenvalue weighted by Crippen LogP contribution is 2.07. The highest BCUT2D eigenvalue weighted by atomic mass is 16.6. The van der Waals surface area contributed by atoms with Crippen LogP contribution in [-0.4, -0.2) is 17.8 Å². The van der Waals surface area contributed by atoms with Crippen molar-refractivity contribution in [1.82, 2.24) is 0 Å². The number of nitrogens with two attached hydrogens (primary N) is 1. The highest BCUT2D eigenvalue weighted by molar-refractivity contribution is 5.93. The number of primary amides is 1. The van der Waals surface area contributed by atoms with Crippen molar-refractivity contribution < 1.29 is 23.9 Å². The molecule has 0 radical (unpaired) electrons. The molecule has 0 bridgehead atoms. The lowest BCUT2D eigenvalue weighted by atomic mass is 10.3. The number of esters is 2. The van der Waals surface area contributed by atoms with Gasteiger partial charge in [-0.3, -0.25) is 14.4 Å². The van der Waals surface area contributed by atoms with Crippen molar-refractivity contribution in [3.63, 3.8) is 0 Å². The van der Waals surface area contributed by atoms with Gasteiger partial charge in [0, 0.05) is 0 Å². The molecule has 70 valence electrons. The molecule has 1 amide bonds. The summed E-state index contributed by atoms with van der Waals surface area (Å²) in [6, 6.07) is 0. The van der Waals surface area contributed by atoms with Gasteiger partial charge >= 0.3 is 11.9 Å². The average Bonchev–Trinajstić information content (AvgIpc) is 2.05. The Kier molecular flexibility index (Phi) is 2.63. The number of hydrogen-bond donors (Lipinski definition) is 1. The molecule has 0 spiro atoms. The minimum atomic E-state index is -0.956. The Hall–Kier alpha value is -1.85. The van der Waals surface area contributed by atoms with E-state index in [9.17, 15) is 14.4 Å². The molecule has 0 saturated carbocycles. The predicted molar refractivity (Wildman–Crippen MR) is 38.7 cm³/mol. The van der Waals surface area contributed by atoms with Crippen LogP contribution in [-0.2, 0) is 23.9 Å². The topological polar surface area (TPSA) is 95.7 Å². The standard InChI is InChI=1S/C7H7NO5/c8-7(11)4-3-12-5(9)1-2-6(10)13-4/h3H,1-2H2,(H2,8,11)/b4-3-. The zero-order valence-electron chi connectivity index (χ0n) is 6.61. The molecule has 13 heavy (non-hydrogen) atoms. The Morgan fingerprint density at radius 1 is 1.31 bits per heavy atom. The molecule has 1 heterocycles. The summed E-state index contributed by atoms with van der Waals surface area (Å²) in [6.07, 6.45) is 0.548. The van der Waals surface area contributed by atoms with Gasteiger partial charge in [0.25, 0.3) is 5.91 Å². The second kappa shape index (κ2) is 3.70. The van der Waals surface area contributed by atoms with E-state index in [0.29, 0.717) is 0 Å². The molecule has 0 saturated heterocycles. The molecule has 0 aromatic rings. The second-order valence-corrected chi connectivity index (χ2v) is 2.31. The van der Waals surface area contributed by atoms with Crippen molar-refractivity contribution >= 4 is 17.8 Å². The maximum Gasteiger partial charge on any atom is 0.312 e. The van der Waals surface area contributed by atoms with Crippen LogP contribution < -0.4 is 5.73 Å². The van der Waals surface area contributed by atoms with E-state index in [4.69, 9.17) is 5.73 Å². The number of carbonyl (C=O) groups is 3. The number of cyclic esters (lactones) is 2. The maximum atomic E-state index is 10.8. The molecule has 0 aromatic carbocycles. The second-order valence-electron chi connectivity index (χ2n) is 2.31. The Labute approximate surface area is 73.3 Å². The fourth-order valence-electron chi connectivity index (χ4n) is 0.688. The van der Waals surface area contributed by atoms with Crippen molar-refractivity contribution in [2.45, 2.75) is 12.8 Å². The lowest BCUT2D eigenvalue weighted by Gasteiger charge is -2.08. The third-order valence-corrected chi connectivity index (χ3v) is 1.30. The molecular formula is C7H7NO5. The van der Waals surface area contributed by atoms with Crippen molar-refractivity contribution in [3.8, 4) is 0 Å². The van der Waals surface area contributed by atoms with E-state index in [1.54, 1.807) is 0 Å². The Balaban J connectivity index is 2.81. The smallest absolute Gasteiger partial charge is 0.312 e. The van der Waals surface area contributed by atoms with Crippen molar-refractivity contribution in [2.75, 3.05) is 0 Å². The van der Waals surface area contributed by atoms with E-state index < -0.39 is 23.6 Å². The lowest BCUT2D eigenvalue weighted by molar-refractivity contribution is -0.149. The molecule has 2 N–H and O–H groups in total. The van der Waals surface area contributed by atoms with Crippen LogP contribution in [0.4, 0.5) is 0 Å².